The Hall–Kier alpha value is -2.70. The van der Waals surface area contributed by atoms with Crippen molar-refractivity contribution in [3.63, 3.8) is 0 Å². The molecule has 0 saturated carbocycles. The molecule has 1 fully saturated rings. The first-order valence-corrected chi connectivity index (χ1v) is 9.88. The lowest BCUT2D eigenvalue weighted by Gasteiger charge is -2.36. The fraction of sp³-hybridized carbons (Fsp3) is 0.286. The van der Waals surface area contributed by atoms with Gasteiger partial charge in [-0.15, -0.1) is 0 Å². The van der Waals surface area contributed by atoms with Gasteiger partial charge in [-0.3, -0.25) is 9.88 Å². The molecule has 1 saturated heterocycles. The molecule has 0 spiro atoms. The molecule has 7 heteroatoms. The van der Waals surface area contributed by atoms with E-state index < -0.39 is 0 Å². The number of anilines is 1. The molecular weight excluding hydrogens is 372 g/mol. The van der Waals surface area contributed by atoms with Gasteiger partial charge in [0, 0.05) is 50.5 Å². The van der Waals surface area contributed by atoms with Crippen LogP contribution in [0.5, 0.6) is 0 Å². The monoisotopic (exact) mass is 392 g/mol. The minimum absolute atomic E-state index is 0.628. The lowest BCUT2D eigenvalue weighted by molar-refractivity contribution is 0.249. The van der Waals surface area contributed by atoms with Crippen LogP contribution in [0.15, 0.2) is 48.8 Å². The van der Waals surface area contributed by atoms with Crippen molar-refractivity contribution in [1.29, 1.82) is 0 Å². The largest absolute Gasteiger partial charge is 0.353 e. The summed E-state index contributed by atoms with van der Waals surface area (Å²) < 4.78 is 1.86. The van der Waals surface area contributed by atoms with E-state index in [0.717, 1.165) is 60.8 Å². The highest BCUT2D eigenvalue weighted by Gasteiger charge is 2.22. The maximum absolute atomic E-state index is 6.49. The van der Waals surface area contributed by atoms with Gasteiger partial charge < -0.3 is 4.90 Å². The van der Waals surface area contributed by atoms with Crippen LogP contribution in [0, 0.1) is 6.92 Å². The lowest BCUT2D eigenvalue weighted by atomic mass is 10.2. The predicted octanol–water partition coefficient (Wildman–Crippen LogP) is 3.56. The van der Waals surface area contributed by atoms with Gasteiger partial charge in [0.2, 0.25) is 0 Å². The van der Waals surface area contributed by atoms with Gasteiger partial charge in [0.25, 0.3) is 0 Å². The smallest absolute Gasteiger partial charge is 0.176 e. The lowest BCUT2D eigenvalue weighted by Crippen LogP contribution is -2.46. The molecule has 0 bridgehead atoms. The van der Waals surface area contributed by atoms with E-state index in [-0.39, 0.29) is 0 Å². The van der Waals surface area contributed by atoms with Crippen molar-refractivity contribution in [2.45, 2.75) is 13.5 Å². The van der Waals surface area contributed by atoms with Gasteiger partial charge in [-0.1, -0.05) is 23.7 Å². The molecule has 4 aromatic rings. The third-order valence-electron chi connectivity index (χ3n) is 5.38. The molecule has 0 amide bonds. The van der Waals surface area contributed by atoms with Gasteiger partial charge in [0.1, 0.15) is 10.8 Å². The van der Waals surface area contributed by atoms with Gasteiger partial charge >= 0.3 is 0 Å². The first-order valence-electron chi connectivity index (χ1n) is 9.50. The SMILES string of the molecule is Cc1nn2c(nc(N3CCN(Cc4ccncc4)CC3)c3ccccc32)c1Cl. The molecule has 1 aliphatic heterocycles. The maximum Gasteiger partial charge on any atom is 0.176 e. The molecule has 28 heavy (non-hydrogen) atoms. The first kappa shape index (κ1) is 17.4. The Labute approximate surface area is 168 Å². The summed E-state index contributed by atoms with van der Waals surface area (Å²) in [5.74, 6) is 0.994. The van der Waals surface area contributed by atoms with Crippen LogP contribution in [0.2, 0.25) is 5.02 Å². The minimum Gasteiger partial charge on any atom is -0.353 e. The third kappa shape index (κ3) is 2.99. The summed E-state index contributed by atoms with van der Waals surface area (Å²) in [5.41, 5.74) is 3.87. The summed E-state index contributed by atoms with van der Waals surface area (Å²) in [6, 6.07) is 12.4. The Morgan fingerprint density at radius 3 is 2.54 bits per heavy atom. The number of hydrogen-bond acceptors (Lipinski definition) is 5. The van der Waals surface area contributed by atoms with E-state index in [2.05, 4.69) is 50.2 Å². The normalized spacial score (nSPS) is 15.6. The molecule has 3 aromatic heterocycles. The number of piperazine rings is 1. The van der Waals surface area contributed by atoms with Gasteiger partial charge in [-0.25, -0.2) is 9.50 Å². The number of nitrogens with zero attached hydrogens (tertiary/aromatic N) is 6. The Morgan fingerprint density at radius 2 is 1.75 bits per heavy atom. The van der Waals surface area contributed by atoms with Gasteiger partial charge in [-0.05, 0) is 36.8 Å². The van der Waals surface area contributed by atoms with E-state index in [1.54, 1.807) is 0 Å². The van der Waals surface area contributed by atoms with E-state index in [1.807, 2.05) is 29.9 Å². The quantitative estimate of drug-likeness (QED) is 0.533. The van der Waals surface area contributed by atoms with Crippen LogP contribution in [0.4, 0.5) is 5.82 Å². The Balaban J connectivity index is 1.45. The molecule has 0 N–H and O–H groups in total. The molecule has 0 atom stereocenters. The molecular formula is C21H21ClN6. The molecule has 6 nitrogen and oxygen atoms in total. The maximum atomic E-state index is 6.49. The van der Waals surface area contributed by atoms with Crippen molar-refractivity contribution in [2.24, 2.45) is 0 Å². The van der Waals surface area contributed by atoms with Gasteiger partial charge in [0.05, 0.1) is 11.2 Å². The molecule has 4 heterocycles. The van der Waals surface area contributed by atoms with Gasteiger partial charge in [0.15, 0.2) is 5.65 Å². The number of hydrogen-bond donors (Lipinski definition) is 0. The van der Waals surface area contributed by atoms with Crippen LogP contribution >= 0.6 is 11.6 Å². The number of fused-ring (bicyclic) bond motifs is 3. The third-order valence-corrected chi connectivity index (χ3v) is 5.82. The van der Waals surface area contributed by atoms with Crippen LogP contribution < -0.4 is 4.90 Å². The number of pyridine rings is 1. The predicted molar refractivity (Wildman–Crippen MR) is 112 cm³/mol. The number of para-hydroxylation sites is 1. The summed E-state index contributed by atoms with van der Waals surface area (Å²) in [5, 5.41) is 6.31. The number of aromatic nitrogens is 4. The summed E-state index contributed by atoms with van der Waals surface area (Å²) in [4.78, 5) is 13.9. The summed E-state index contributed by atoms with van der Waals surface area (Å²) in [6.45, 7) is 6.73. The molecule has 1 aliphatic rings. The first-order chi connectivity index (χ1) is 13.7. The number of aryl methyl sites for hydroxylation is 1. The highest BCUT2D eigenvalue weighted by Crippen LogP contribution is 2.30. The van der Waals surface area contributed by atoms with Crippen molar-refractivity contribution >= 4 is 34.0 Å². The summed E-state index contributed by atoms with van der Waals surface area (Å²) >= 11 is 6.49. The van der Waals surface area contributed by atoms with Crippen molar-refractivity contribution in [3.05, 3.63) is 65.1 Å². The zero-order valence-electron chi connectivity index (χ0n) is 15.7. The van der Waals surface area contributed by atoms with Crippen LogP contribution in [-0.4, -0.2) is 50.7 Å². The average Bonchev–Trinajstić information content (AvgIpc) is 3.03. The molecule has 1 aromatic carbocycles. The zero-order valence-corrected chi connectivity index (χ0v) is 16.5. The molecule has 142 valence electrons. The summed E-state index contributed by atoms with van der Waals surface area (Å²) in [6.07, 6.45) is 3.71. The highest BCUT2D eigenvalue weighted by atomic mass is 35.5. The van der Waals surface area contributed by atoms with E-state index in [0.29, 0.717) is 5.02 Å². The second-order valence-corrected chi connectivity index (χ2v) is 7.58. The average molecular weight is 393 g/mol. The zero-order chi connectivity index (χ0) is 19.1. The van der Waals surface area contributed by atoms with Crippen LogP contribution in [0.25, 0.3) is 16.6 Å². The number of benzene rings is 1. The fourth-order valence-electron chi connectivity index (χ4n) is 3.87. The summed E-state index contributed by atoms with van der Waals surface area (Å²) in [7, 11) is 0. The van der Waals surface area contributed by atoms with Crippen molar-refractivity contribution in [1.82, 2.24) is 24.5 Å². The van der Waals surface area contributed by atoms with E-state index in [1.165, 1.54) is 5.56 Å². The van der Waals surface area contributed by atoms with Crippen molar-refractivity contribution in [3.8, 4) is 0 Å². The molecule has 0 unspecified atom stereocenters. The van der Waals surface area contributed by atoms with Crippen LogP contribution in [-0.2, 0) is 6.54 Å². The van der Waals surface area contributed by atoms with E-state index in [9.17, 15) is 0 Å². The second kappa shape index (κ2) is 7.04. The second-order valence-electron chi connectivity index (χ2n) is 7.21. The number of halogens is 1. The molecule has 0 radical (unpaired) electrons. The fourth-order valence-corrected chi connectivity index (χ4v) is 4.03. The number of rotatable bonds is 3. The standard InChI is InChI=1S/C21H21ClN6/c1-15-19(22)21-24-20(17-4-2-3-5-18(17)28(21)25-15)27-12-10-26(11-13-27)14-16-6-8-23-9-7-16/h2-9H,10-14H2,1H3. The highest BCUT2D eigenvalue weighted by molar-refractivity contribution is 6.34. The van der Waals surface area contributed by atoms with E-state index in [4.69, 9.17) is 16.6 Å². The van der Waals surface area contributed by atoms with Crippen LogP contribution in [0.1, 0.15) is 11.3 Å². The van der Waals surface area contributed by atoms with E-state index >= 15 is 0 Å². The van der Waals surface area contributed by atoms with Gasteiger partial charge in [-0.2, -0.15) is 5.10 Å². The Morgan fingerprint density at radius 1 is 1.00 bits per heavy atom. The molecule has 5 rings (SSSR count). The topological polar surface area (TPSA) is 49.6 Å². The van der Waals surface area contributed by atoms with Crippen LogP contribution in [0.3, 0.4) is 0 Å². The molecule has 0 aliphatic carbocycles. The van der Waals surface area contributed by atoms with Crippen molar-refractivity contribution in [2.75, 3.05) is 31.1 Å². The Bertz CT molecular complexity index is 1130. The Kier molecular flexibility index (Phi) is 4.37. The van der Waals surface area contributed by atoms with Crippen molar-refractivity contribution < 1.29 is 0 Å². The minimum atomic E-state index is 0.628.